The van der Waals surface area contributed by atoms with Gasteiger partial charge in [0, 0.05) is 26.7 Å². The van der Waals surface area contributed by atoms with Crippen LogP contribution in [-0.4, -0.2) is 112 Å². The molecule has 0 aromatic heterocycles. The number of carboxylic acids is 2. The van der Waals surface area contributed by atoms with Crippen LogP contribution in [0, 0.1) is 11.8 Å². The Morgan fingerprint density at radius 1 is 0.683 bits per heavy atom. The van der Waals surface area contributed by atoms with Gasteiger partial charge in [0.15, 0.2) is 5.78 Å². The van der Waals surface area contributed by atoms with Gasteiger partial charge in [0.2, 0.25) is 5.97 Å². The molecule has 60 heavy (non-hydrogen) atoms. The van der Waals surface area contributed by atoms with E-state index in [0.717, 1.165) is 40.3 Å². The van der Waals surface area contributed by atoms with Crippen molar-refractivity contribution in [1.29, 1.82) is 0 Å². The number of carbonyl (C=O) groups is 8. The van der Waals surface area contributed by atoms with E-state index < -0.39 is 72.1 Å². The predicted octanol–water partition coefficient (Wildman–Crippen LogP) is 0.943. The number of ketones is 1. The van der Waals surface area contributed by atoms with Crippen LogP contribution >= 0.6 is 0 Å². The first-order chi connectivity index (χ1) is 27.7. The van der Waals surface area contributed by atoms with E-state index >= 15 is 0 Å². The van der Waals surface area contributed by atoms with Crippen LogP contribution in [0.3, 0.4) is 0 Å². The molecular formula is C40H49BN2NaO16. The van der Waals surface area contributed by atoms with Gasteiger partial charge in [0.05, 0.1) is 25.1 Å². The number of aliphatic hydroxyl groups excluding tert-OH is 1. The van der Waals surface area contributed by atoms with Crippen LogP contribution in [0.25, 0.3) is 0 Å². The molecule has 18 nitrogen and oxygen atoms in total. The van der Waals surface area contributed by atoms with Gasteiger partial charge in [-0.15, -0.1) is 13.2 Å². The van der Waals surface area contributed by atoms with Crippen molar-refractivity contribution in [1.82, 2.24) is 9.80 Å². The number of benzene rings is 2. The number of aliphatic carboxylic acids is 2. The number of hydrogen-bond donors (Lipinski definition) is 3. The third-order valence-corrected chi connectivity index (χ3v) is 8.06. The third kappa shape index (κ3) is 20.0. The summed E-state index contributed by atoms with van der Waals surface area (Å²) in [6, 6.07) is 15.9. The molecule has 319 valence electrons. The van der Waals surface area contributed by atoms with Gasteiger partial charge in [-0.1, -0.05) is 71.8 Å². The fourth-order valence-electron chi connectivity index (χ4n) is 5.63. The van der Waals surface area contributed by atoms with E-state index in [1.54, 1.807) is 26.0 Å². The van der Waals surface area contributed by atoms with Gasteiger partial charge in [-0.2, -0.15) is 0 Å². The van der Waals surface area contributed by atoms with Crippen molar-refractivity contribution in [2.24, 2.45) is 11.8 Å². The van der Waals surface area contributed by atoms with Gasteiger partial charge in [-0.25, -0.2) is 38.5 Å². The van der Waals surface area contributed by atoms with Gasteiger partial charge >= 0.3 is 65.6 Å². The Labute approximate surface area is 371 Å². The Bertz CT molecular complexity index is 1780. The molecule has 2 saturated heterocycles. The second-order valence-electron chi connectivity index (χ2n) is 13.3. The summed E-state index contributed by atoms with van der Waals surface area (Å²) in [7, 11) is 4.32. The summed E-state index contributed by atoms with van der Waals surface area (Å²) < 4.78 is 13.9. The van der Waals surface area contributed by atoms with Crippen LogP contribution in [0.2, 0.25) is 0 Å². The molecule has 20 heteroatoms. The molecule has 4 rings (SSSR count). The largest absolute Gasteiger partial charge is 1.00 e. The molecule has 2 amide bonds. The maximum absolute atomic E-state index is 12.2. The zero-order valence-electron chi connectivity index (χ0n) is 34.4. The van der Waals surface area contributed by atoms with Gasteiger partial charge in [0.25, 0.3) is 0 Å². The van der Waals surface area contributed by atoms with Gasteiger partial charge in [0.1, 0.15) is 25.3 Å². The van der Waals surface area contributed by atoms with Gasteiger partial charge < -0.3 is 37.5 Å². The fourth-order valence-corrected chi connectivity index (χ4v) is 5.63. The number of likely N-dealkylation sites (tertiary alicyclic amines) is 2. The average Bonchev–Trinajstić information content (AvgIpc) is 3.68. The van der Waals surface area contributed by atoms with Crippen LogP contribution in [0.5, 0.6) is 0 Å². The molecule has 2 aliphatic heterocycles. The van der Waals surface area contributed by atoms with E-state index in [1.165, 1.54) is 6.92 Å². The van der Waals surface area contributed by atoms with Crippen molar-refractivity contribution in [2.75, 3.05) is 13.1 Å². The van der Waals surface area contributed by atoms with Crippen LogP contribution in [0.4, 0.5) is 9.59 Å². The second kappa shape index (κ2) is 28.1. The second-order valence-corrected chi connectivity index (χ2v) is 13.3. The van der Waals surface area contributed by atoms with E-state index in [4.69, 9.17) is 9.47 Å². The Hall–Kier alpha value is -5.50. The molecule has 0 unspecified atom stereocenters. The zero-order valence-corrected chi connectivity index (χ0v) is 36.4. The minimum atomic E-state index is -1.21. The summed E-state index contributed by atoms with van der Waals surface area (Å²) in [4.78, 5) is 98.4. The van der Waals surface area contributed by atoms with Gasteiger partial charge in [-0.05, 0) is 37.8 Å². The van der Waals surface area contributed by atoms with Crippen molar-refractivity contribution in [2.45, 2.75) is 78.9 Å². The SMILES string of the molecule is C=C(C)C[C@@H]1[C@@H](C(=O)O)N(C(=O)OCc2ccccc2)C[C@@H]1O.C=C(C)C[C@H]1C(=O)CN(C(=O)OCc2ccccc2)[C@@H]1C(=O)O.CC(=O)OOC(C)=O.[B-]OC(C)=O.[Na+]. The molecule has 0 aliphatic carbocycles. The molecule has 3 N–H and O–H groups in total. The number of amides is 2. The summed E-state index contributed by atoms with van der Waals surface area (Å²) in [6.45, 7) is 14.3. The molecule has 2 aromatic rings. The number of β-amino-alcohol motifs (C(OH)–C–C–N with tert-alkyl or cyclic N) is 1. The van der Waals surface area contributed by atoms with E-state index in [9.17, 15) is 53.7 Å². The summed E-state index contributed by atoms with van der Waals surface area (Å²) in [5.74, 6) is -5.73. The zero-order chi connectivity index (χ0) is 44.8. The molecule has 2 aromatic carbocycles. The van der Waals surface area contributed by atoms with Crippen molar-refractivity contribution in [3.63, 3.8) is 0 Å². The number of carboxylic acid groups (broad SMARTS) is 2. The van der Waals surface area contributed by atoms with E-state index in [2.05, 4.69) is 35.6 Å². The van der Waals surface area contributed by atoms with Crippen molar-refractivity contribution in [3.05, 3.63) is 96.1 Å². The molecule has 0 bridgehead atoms. The number of carbonyl (C=O) groups excluding carboxylic acids is 6. The topological polar surface area (TPSA) is 250 Å². The number of aliphatic hydroxyl groups is 1. The van der Waals surface area contributed by atoms with Crippen LogP contribution in [0.15, 0.2) is 85.0 Å². The number of ether oxygens (including phenoxy) is 2. The monoisotopic (exact) mass is 847 g/mol. The Balaban J connectivity index is 0.000000888. The minimum Gasteiger partial charge on any atom is -0.793 e. The smallest absolute Gasteiger partial charge is 0.793 e. The Morgan fingerprint density at radius 2 is 1.08 bits per heavy atom. The normalized spacial score (nSPS) is 18.4. The maximum Gasteiger partial charge on any atom is 1.00 e. The third-order valence-electron chi connectivity index (χ3n) is 8.06. The van der Waals surface area contributed by atoms with Crippen LogP contribution in [0.1, 0.15) is 58.6 Å². The van der Waals surface area contributed by atoms with Gasteiger partial charge in [-0.3, -0.25) is 19.4 Å². The van der Waals surface area contributed by atoms with E-state index in [0.29, 0.717) is 12.0 Å². The molecule has 2 aliphatic rings. The standard InChI is InChI=1S/C17H21NO5.C17H19NO5.C4H6O4.C2H3BO2.Na/c2*1-11(2)8-13-14(19)9-18(15(13)16(20)21)17(22)23-10-12-6-4-3-5-7-12;1-3(5)7-8-4(2)6;1-2(4)5-3;/h3-7,13-15,19H,1,8-10H2,2H3,(H,20,21);3-7,13,15H,1,8-10H2,2H3,(H,20,21);1-2H3;1H3;/q;;;-1;+1/t13-,14-,15-;13-,15-;;;/m00.../s1. The molecular weight excluding hydrogens is 798 g/mol. The summed E-state index contributed by atoms with van der Waals surface area (Å²) in [5, 5.41) is 28.9. The average molecular weight is 848 g/mol. The summed E-state index contributed by atoms with van der Waals surface area (Å²) >= 11 is 0. The van der Waals surface area contributed by atoms with E-state index in [1.807, 2.05) is 48.5 Å². The number of Topliss-reactive ketones (excluding diaryl/α,β-unsaturated/α-hetero) is 1. The van der Waals surface area contributed by atoms with Crippen molar-refractivity contribution >= 4 is 55.9 Å². The molecule has 2 heterocycles. The van der Waals surface area contributed by atoms with Crippen LogP contribution < -0.4 is 29.6 Å². The van der Waals surface area contributed by atoms with Crippen molar-refractivity contribution in [3.8, 4) is 0 Å². The molecule has 5 atom stereocenters. The Morgan fingerprint density at radius 3 is 1.43 bits per heavy atom. The molecule has 0 spiro atoms. The molecule has 3 radical (unpaired) electrons. The number of hydrogen-bond acceptors (Lipinski definition) is 14. The predicted molar refractivity (Wildman–Crippen MR) is 207 cm³/mol. The molecule has 2 fully saturated rings. The van der Waals surface area contributed by atoms with E-state index in [-0.39, 0.29) is 68.1 Å². The quantitative estimate of drug-likeness (QED) is 0.130. The first-order valence-corrected chi connectivity index (χ1v) is 17.8. The first-order valence-electron chi connectivity index (χ1n) is 17.8. The number of nitrogens with zero attached hydrogens (tertiary/aromatic N) is 2. The minimum absolute atomic E-state index is 0. The van der Waals surface area contributed by atoms with Crippen molar-refractivity contribution < 1.29 is 107 Å². The Kier molecular flexibility index (Phi) is 25.5. The number of rotatable bonds is 10. The summed E-state index contributed by atoms with van der Waals surface area (Å²) in [6.07, 6.45) is -1.83. The first kappa shape index (κ1) is 54.5. The summed E-state index contributed by atoms with van der Waals surface area (Å²) in [5.41, 5.74) is 3.07. The fraction of sp³-hybridized carbons (Fsp3) is 0.400. The number of allylic oxidation sites excluding steroid dienone is 2. The maximum atomic E-state index is 12.2. The van der Waals surface area contributed by atoms with Crippen LogP contribution in [-0.2, 0) is 65.9 Å². The molecule has 0 saturated carbocycles.